The number of esters is 1. The number of likely N-dealkylation sites (tertiary alicyclic amines) is 1. The van der Waals surface area contributed by atoms with Gasteiger partial charge in [0.2, 0.25) is 5.91 Å². The molecule has 0 aliphatic carbocycles. The second-order valence-corrected chi connectivity index (χ2v) is 6.18. The molecule has 1 unspecified atom stereocenters. The van der Waals surface area contributed by atoms with Gasteiger partial charge in [0, 0.05) is 19.2 Å². The van der Waals surface area contributed by atoms with Gasteiger partial charge in [0.05, 0.1) is 0 Å². The van der Waals surface area contributed by atoms with Crippen molar-refractivity contribution in [2.75, 3.05) is 20.2 Å². The van der Waals surface area contributed by atoms with Gasteiger partial charge in [-0.05, 0) is 44.0 Å². The lowest BCUT2D eigenvalue weighted by molar-refractivity contribution is -0.167. The van der Waals surface area contributed by atoms with Crippen molar-refractivity contribution in [3.05, 3.63) is 48.6 Å². The summed E-state index contributed by atoms with van der Waals surface area (Å²) in [5.74, 6) is -1.48. The average Bonchev–Trinajstić information content (AvgIpc) is 2.67. The highest BCUT2D eigenvalue weighted by molar-refractivity contribution is 6.13. The van der Waals surface area contributed by atoms with Gasteiger partial charge in [0.1, 0.15) is 12.0 Å². The Labute approximate surface area is 153 Å². The summed E-state index contributed by atoms with van der Waals surface area (Å²) >= 11 is 0. The highest BCUT2D eigenvalue weighted by Crippen LogP contribution is 2.37. The molecule has 6 heteroatoms. The number of aliphatic imine (C=N–C) groups is 1. The van der Waals surface area contributed by atoms with E-state index in [1.807, 2.05) is 0 Å². The zero-order valence-corrected chi connectivity index (χ0v) is 15.0. The number of carbonyl (C=O) groups excluding carboxylic acids is 3. The molecule has 0 radical (unpaired) electrons. The molecule has 1 atom stereocenters. The molecule has 0 aromatic heterocycles. The van der Waals surface area contributed by atoms with Crippen molar-refractivity contribution in [2.24, 2.45) is 10.4 Å². The maximum absolute atomic E-state index is 13.2. The van der Waals surface area contributed by atoms with Crippen molar-refractivity contribution >= 4 is 24.0 Å². The molecule has 1 aromatic carbocycles. The van der Waals surface area contributed by atoms with Crippen LogP contribution in [-0.4, -0.2) is 49.1 Å². The molecular formula is C20H24N2O4. The Morgan fingerprint density at radius 3 is 2.73 bits per heavy atom. The smallest absolute Gasteiger partial charge is 0.321 e. The van der Waals surface area contributed by atoms with E-state index in [2.05, 4.69) is 11.6 Å². The first-order valence-corrected chi connectivity index (χ1v) is 8.67. The number of amides is 2. The van der Waals surface area contributed by atoms with Crippen LogP contribution in [-0.2, 0) is 14.3 Å². The Hall–Kier alpha value is -2.76. The summed E-state index contributed by atoms with van der Waals surface area (Å²) in [6.45, 7) is 3.86. The molecule has 1 saturated heterocycles. The standard InChI is InChI=1S/C20H24N2O4/c1-3-15-26-19(25)20(11-7-13-21-2)12-8-14-22(18(20)24)17(23)16-9-5-4-6-10-16/h3-6,9-10,13H,1,7-8,11-12,14-15H2,2H3. The van der Waals surface area contributed by atoms with Crippen LogP contribution in [0.25, 0.3) is 0 Å². The van der Waals surface area contributed by atoms with Gasteiger partial charge < -0.3 is 9.73 Å². The normalized spacial score (nSPS) is 20.2. The lowest BCUT2D eigenvalue weighted by Gasteiger charge is -2.38. The Morgan fingerprint density at radius 1 is 1.35 bits per heavy atom. The summed E-state index contributed by atoms with van der Waals surface area (Å²) in [4.78, 5) is 43.8. The minimum atomic E-state index is -1.35. The van der Waals surface area contributed by atoms with Crippen molar-refractivity contribution < 1.29 is 19.1 Å². The number of piperidine rings is 1. The highest BCUT2D eigenvalue weighted by Gasteiger charge is 2.52. The third kappa shape index (κ3) is 4.07. The van der Waals surface area contributed by atoms with Crippen molar-refractivity contribution in [3.8, 4) is 0 Å². The van der Waals surface area contributed by atoms with Crippen LogP contribution in [0.5, 0.6) is 0 Å². The van der Waals surface area contributed by atoms with Gasteiger partial charge in [-0.1, -0.05) is 30.9 Å². The second kappa shape index (κ2) is 9.08. The summed E-state index contributed by atoms with van der Waals surface area (Å²) in [7, 11) is 1.64. The highest BCUT2D eigenvalue weighted by atomic mass is 16.5. The third-order valence-electron chi connectivity index (χ3n) is 4.51. The van der Waals surface area contributed by atoms with Gasteiger partial charge in [-0.25, -0.2) is 0 Å². The number of hydrogen-bond acceptors (Lipinski definition) is 5. The van der Waals surface area contributed by atoms with Crippen molar-refractivity contribution in [3.63, 3.8) is 0 Å². The van der Waals surface area contributed by atoms with Gasteiger partial charge in [0.25, 0.3) is 5.91 Å². The van der Waals surface area contributed by atoms with Crippen molar-refractivity contribution in [1.82, 2.24) is 4.90 Å². The minimum absolute atomic E-state index is 0.0301. The lowest BCUT2D eigenvalue weighted by atomic mass is 9.75. The first-order valence-electron chi connectivity index (χ1n) is 8.67. The van der Waals surface area contributed by atoms with Gasteiger partial charge in [-0.15, -0.1) is 0 Å². The summed E-state index contributed by atoms with van der Waals surface area (Å²) in [6.07, 6.45) is 4.75. The minimum Gasteiger partial charge on any atom is -0.461 e. The van der Waals surface area contributed by atoms with Gasteiger partial charge >= 0.3 is 5.97 Å². The zero-order chi connectivity index (χ0) is 19.0. The first kappa shape index (κ1) is 19.6. The van der Waals surface area contributed by atoms with Crippen LogP contribution >= 0.6 is 0 Å². The molecular weight excluding hydrogens is 332 g/mol. The molecule has 0 spiro atoms. The maximum atomic E-state index is 13.2. The molecule has 0 N–H and O–H groups in total. The van der Waals surface area contributed by atoms with Crippen LogP contribution in [0.15, 0.2) is 48.0 Å². The topological polar surface area (TPSA) is 76.0 Å². The van der Waals surface area contributed by atoms with Gasteiger partial charge in [-0.2, -0.15) is 0 Å². The molecule has 138 valence electrons. The van der Waals surface area contributed by atoms with Gasteiger partial charge in [0.15, 0.2) is 0 Å². The Morgan fingerprint density at radius 2 is 2.08 bits per heavy atom. The van der Waals surface area contributed by atoms with Crippen LogP contribution in [0.3, 0.4) is 0 Å². The number of benzene rings is 1. The Bertz CT molecular complexity index is 699. The van der Waals surface area contributed by atoms with Crippen LogP contribution in [0.2, 0.25) is 0 Å². The van der Waals surface area contributed by atoms with Crippen LogP contribution in [0.4, 0.5) is 0 Å². The summed E-state index contributed by atoms with van der Waals surface area (Å²) in [6, 6.07) is 8.60. The molecule has 2 rings (SSSR count). The monoisotopic (exact) mass is 356 g/mol. The fourth-order valence-electron chi connectivity index (χ4n) is 3.17. The van der Waals surface area contributed by atoms with E-state index in [0.29, 0.717) is 31.4 Å². The molecule has 26 heavy (non-hydrogen) atoms. The lowest BCUT2D eigenvalue weighted by Crippen LogP contribution is -2.55. The van der Waals surface area contributed by atoms with E-state index in [0.717, 1.165) is 0 Å². The van der Waals surface area contributed by atoms with E-state index in [1.165, 1.54) is 11.0 Å². The van der Waals surface area contributed by atoms with Crippen LogP contribution in [0, 0.1) is 5.41 Å². The van der Waals surface area contributed by atoms with E-state index in [4.69, 9.17) is 4.74 Å². The molecule has 1 aliphatic heterocycles. The van der Waals surface area contributed by atoms with Crippen molar-refractivity contribution in [2.45, 2.75) is 25.7 Å². The molecule has 1 heterocycles. The predicted octanol–water partition coefficient (Wildman–Crippen LogP) is 2.65. The molecule has 1 aliphatic rings. The van der Waals surface area contributed by atoms with Crippen LogP contribution in [0.1, 0.15) is 36.0 Å². The number of nitrogens with zero attached hydrogens (tertiary/aromatic N) is 2. The number of hydrogen-bond donors (Lipinski definition) is 0. The van der Waals surface area contributed by atoms with E-state index in [-0.39, 0.29) is 18.9 Å². The summed E-state index contributed by atoms with van der Waals surface area (Å²) < 4.78 is 5.21. The predicted molar refractivity (Wildman–Crippen MR) is 99.0 cm³/mol. The van der Waals surface area contributed by atoms with E-state index >= 15 is 0 Å². The fourth-order valence-corrected chi connectivity index (χ4v) is 3.17. The first-order chi connectivity index (χ1) is 12.6. The molecule has 2 amide bonds. The average molecular weight is 356 g/mol. The number of rotatable bonds is 7. The third-order valence-corrected chi connectivity index (χ3v) is 4.51. The van der Waals surface area contributed by atoms with E-state index < -0.39 is 17.3 Å². The molecule has 6 nitrogen and oxygen atoms in total. The quantitative estimate of drug-likeness (QED) is 0.247. The molecule has 0 saturated carbocycles. The van der Waals surface area contributed by atoms with E-state index in [9.17, 15) is 14.4 Å². The van der Waals surface area contributed by atoms with Crippen LogP contribution < -0.4 is 0 Å². The number of carbonyl (C=O) groups is 3. The molecule has 1 fully saturated rings. The molecule has 1 aromatic rings. The maximum Gasteiger partial charge on any atom is 0.321 e. The SMILES string of the molecule is C=CCOC(=O)C1(CCC=NC)CCCN(C(=O)c2ccccc2)C1=O. The summed E-state index contributed by atoms with van der Waals surface area (Å²) in [5.41, 5.74) is -0.932. The second-order valence-electron chi connectivity index (χ2n) is 6.18. The fraction of sp³-hybridized carbons (Fsp3) is 0.400. The zero-order valence-electron chi connectivity index (χ0n) is 15.0. The van der Waals surface area contributed by atoms with Gasteiger partial charge in [-0.3, -0.25) is 19.3 Å². The number of imide groups is 1. The summed E-state index contributed by atoms with van der Waals surface area (Å²) in [5, 5.41) is 0. The number of ether oxygens (including phenoxy) is 1. The Kier molecular flexibility index (Phi) is 6.83. The van der Waals surface area contributed by atoms with E-state index in [1.54, 1.807) is 43.6 Å². The Balaban J connectivity index is 2.31. The largest absolute Gasteiger partial charge is 0.461 e. The van der Waals surface area contributed by atoms with Crippen molar-refractivity contribution in [1.29, 1.82) is 0 Å². The molecule has 0 bridgehead atoms.